The predicted molar refractivity (Wildman–Crippen MR) is 118 cm³/mol. The molecule has 0 radical (unpaired) electrons. The molecule has 0 N–H and O–H groups in total. The normalized spacial score (nSPS) is 14.2. The van der Waals surface area contributed by atoms with Crippen LogP contribution in [-0.2, 0) is 4.79 Å². The average Bonchev–Trinajstić information content (AvgIpc) is 2.77. The first-order chi connectivity index (χ1) is 14.6. The number of carbonyl (C=O) groups is 1. The first kappa shape index (κ1) is 21.7. The van der Waals surface area contributed by atoms with Gasteiger partial charge >= 0.3 is 0 Å². The first-order valence-electron chi connectivity index (χ1n) is 10.5. The van der Waals surface area contributed by atoms with Crippen molar-refractivity contribution >= 4 is 17.7 Å². The molecule has 1 aliphatic rings. The van der Waals surface area contributed by atoms with Gasteiger partial charge in [-0.1, -0.05) is 13.0 Å². The average molecular weight is 413 g/mol. The molecule has 0 unspecified atom stereocenters. The maximum Gasteiger partial charge on any atom is 0.246 e. The summed E-state index contributed by atoms with van der Waals surface area (Å²) >= 11 is 0. The summed E-state index contributed by atoms with van der Waals surface area (Å²) in [7, 11) is 0. The Balaban J connectivity index is 1.58. The van der Waals surface area contributed by atoms with Crippen LogP contribution in [0.3, 0.4) is 0 Å². The van der Waals surface area contributed by atoms with Gasteiger partial charge in [0.25, 0.3) is 0 Å². The van der Waals surface area contributed by atoms with Crippen molar-refractivity contribution in [2.75, 3.05) is 44.3 Å². The number of hydrogen-bond acceptors (Lipinski definition) is 4. The molecule has 0 spiro atoms. The third-order valence-electron chi connectivity index (χ3n) is 4.93. The van der Waals surface area contributed by atoms with Gasteiger partial charge < -0.3 is 19.3 Å². The molecule has 2 aromatic rings. The number of nitrogens with zero attached hydrogens (tertiary/aromatic N) is 2. The molecular weight excluding hydrogens is 383 g/mol. The van der Waals surface area contributed by atoms with E-state index in [0.717, 1.165) is 36.5 Å². The zero-order valence-corrected chi connectivity index (χ0v) is 17.6. The molecular formula is C24H29FN2O3. The van der Waals surface area contributed by atoms with E-state index < -0.39 is 0 Å². The number of hydrogen-bond donors (Lipinski definition) is 0. The second-order valence-corrected chi connectivity index (χ2v) is 7.11. The second kappa shape index (κ2) is 10.7. The van der Waals surface area contributed by atoms with Crippen molar-refractivity contribution in [1.29, 1.82) is 0 Å². The largest absolute Gasteiger partial charge is 0.490 e. The summed E-state index contributed by atoms with van der Waals surface area (Å²) in [4.78, 5) is 16.6. The molecule has 0 aromatic heterocycles. The lowest BCUT2D eigenvalue weighted by Gasteiger charge is -2.35. The number of amides is 1. The molecule has 1 fully saturated rings. The fraction of sp³-hybridized carbons (Fsp3) is 0.375. The van der Waals surface area contributed by atoms with E-state index in [-0.39, 0.29) is 11.7 Å². The molecule has 1 aliphatic heterocycles. The molecule has 0 atom stereocenters. The van der Waals surface area contributed by atoms with E-state index in [1.165, 1.54) is 12.1 Å². The van der Waals surface area contributed by atoms with Crippen molar-refractivity contribution in [2.24, 2.45) is 0 Å². The van der Waals surface area contributed by atoms with Crippen molar-refractivity contribution in [1.82, 2.24) is 4.90 Å². The number of benzene rings is 2. The number of rotatable bonds is 8. The molecule has 1 saturated heterocycles. The Kier molecular flexibility index (Phi) is 7.71. The number of ether oxygens (including phenoxy) is 2. The maximum atomic E-state index is 13.1. The van der Waals surface area contributed by atoms with Gasteiger partial charge in [0.15, 0.2) is 11.5 Å². The highest BCUT2D eigenvalue weighted by atomic mass is 19.1. The van der Waals surface area contributed by atoms with Gasteiger partial charge in [0.2, 0.25) is 5.91 Å². The molecule has 0 bridgehead atoms. The van der Waals surface area contributed by atoms with E-state index in [2.05, 4.69) is 11.8 Å². The number of piperazine rings is 1. The number of anilines is 1. The van der Waals surface area contributed by atoms with Crippen LogP contribution in [0.1, 0.15) is 25.8 Å². The van der Waals surface area contributed by atoms with Crippen LogP contribution in [0.15, 0.2) is 48.5 Å². The molecule has 30 heavy (non-hydrogen) atoms. The highest BCUT2D eigenvalue weighted by Crippen LogP contribution is 2.29. The monoisotopic (exact) mass is 412 g/mol. The van der Waals surface area contributed by atoms with Crippen molar-refractivity contribution < 1.29 is 18.7 Å². The van der Waals surface area contributed by atoms with Crippen LogP contribution in [0.4, 0.5) is 10.1 Å². The van der Waals surface area contributed by atoms with E-state index in [9.17, 15) is 9.18 Å². The van der Waals surface area contributed by atoms with Crippen molar-refractivity contribution in [3.63, 3.8) is 0 Å². The van der Waals surface area contributed by atoms with Crippen LogP contribution in [0.25, 0.3) is 6.08 Å². The maximum absolute atomic E-state index is 13.1. The van der Waals surface area contributed by atoms with Gasteiger partial charge in [-0.15, -0.1) is 0 Å². The Hall–Kier alpha value is -3.02. The Bertz CT molecular complexity index is 859. The summed E-state index contributed by atoms with van der Waals surface area (Å²) in [6, 6.07) is 12.2. The van der Waals surface area contributed by atoms with Gasteiger partial charge in [-0.2, -0.15) is 0 Å². The molecule has 3 rings (SSSR count). The minimum atomic E-state index is -0.241. The number of halogens is 1. The Morgan fingerprint density at radius 2 is 1.73 bits per heavy atom. The summed E-state index contributed by atoms with van der Waals surface area (Å²) in [5, 5.41) is 0. The van der Waals surface area contributed by atoms with E-state index in [1.807, 2.05) is 30.0 Å². The van der Waals surface area contributed by atoms with E-state index >= 15 is 0 Å². The minimum absolute atomic E-state index is 0.0157. The quantitative estimate of drug-likeness (QED) is 0.604. The van der Waals surface area contributed by atoms with Gasteiger partial charge in [0.1, 0.15) is 5.82 Å². The molecule has 1 heterocycles. The third-order valence-corrected chi connectivity index (χ3v) is 4.93. The molecule has 5 nitrogen and oxygen atoms in total. The fourth-order valence-electron chi connectivity index (χ4n) is 3.34. The van der Waals surface area contributed by atoms with Gasteiger partial charge in [0.05, 0.1) is 13.2 Å². The van der Waals surface area contributed by atoms with Crippen molar-refractivity contribution in [3.8, 4) is 11.5 Å². The molecule has 160 valence electrons. The lowest BCUT2D eigenvalue weighted by Crippen LogP contribution is -2.48. The van der Waals surface area contributed by atoms with Gasteiger partial charge in [-0.3, -0.25) is 4.79 Å². The van der Waals surface area contributed by atoms with Crippen molar-refractivity contribution in [3.05, 3.63) is 59.9 Å². The van der Waals surface area contributed by atoms with Gasteiger partial charge in [-0.25, -0.2) is 4.39 Å². The van der Waals surface area contributed by atoms with E-state index in [4.69, 9.17) is 9.47 Å². The Labute approximate surface area is 177 Å². The van der Waals surface area contributed by atoms with Crippen molar-refractivity contribution in [2.45, 2.75) is 20.3 Å². The number of carbonyl (C=O) groups excluding carboxylic acids is 1. The summed E-state index contributed by atoms with van der Waals surface area (Å²) in [5.41, 5.74) is 1.87. The summed E-state index contributed by atoms with van der Waals surface area (Å²) in [6.45, 7) is 7.89. The van der Waals surface area contributed by atoms with E-state index in [0.29, 0.717) is 32.1 Å². The summed E-state index contributed by atoms with van der Waals surface area (Å²) < 4.78 is 24.5. The first-order valence-corrected chi connectivity index (χ1v) is 10.5. The summed E-state index contributed by atoms with van der Waals surface area (Å²) in [6.07, 6.45) is 4.34. The van der Waals surface area contributed by atoms with Crippen LogP contribution in [0.5, 0.6) is 11.5 Å². The van der Waals surface area contributed by atoms with Crippen LogP contribution in [-0.4, -0.2) is 50.2 Å². The lowest BCUT2D eigenvalue weighted by atomic mass is 10.1. The van der Waals surface area contributed by atoms with Crippen LogP contribution in [0, 0.1) is 5.82 Å². The molecule has 0 saturated carbocycles. The Morgan fingerprint density at radius 1 is 1.00 bits per heavy atom. The lowest BCUT2D eigenvalue weighted by molar-refractivity contribution is -0.126. The zero-order valence-electron chi connectivity index (χ0n) is 17.6. The smallest absolute Gasteiger partial charge is 0.246 e. The topological polar surface area (TPSA) is 42.0 Å². The minimum Gasteiger partial charge on any atom is -0.490 e. The molecule has 2 aromatic carbocycles. The van der Waals surface area contributed by atoms with Crippen LogP contribution < -0.4 is 14.4 Å². The predicted octanol–water partition coefficient (Wildman–Crippen LogP) is 4.38. The summed E-state index contributed by atoms with van der Waals surface area (Å²) in [5.74, 6) is 1.15. The van der Waals surface area contributed by atoms with Crippen LogP contribution in [0.2, 0.25) is 0 Å². The highest BCUT2D eigenvalue weighted by molar-refractivity contribution is 5.92. The molecule has 0 aliphatic carbocycles. The van der Waals surface area contributed by atoms with Gasteiger partial charge in [-0.05, 0) is 61.4 Å². The highest BCUT2D eigenvalue weighted by Gasteiger charge is 2.19. The van der Waals surface area contributed by atoms with E-state index in [1.54, 1.807) is 24.3 Å². The van der Waals surface area contributed by atoms with Crippen LogP contribution >= 0.6 is 0 Å². The fourth-order valence-corrected chi connectivity index (χ4v) is 3.34. The van der Waals surface area contributed by atoms with Gasteiger partial charge in [0, 0.05) is 37.9 Å². The molecule has 1 amide bonds. The Morgan fingerprint density at radius 3 is 2.40 bits per heavy atom. The third kappa shape index (κ3) is 5.75. The molecule has 6 heteroatoms. The standard InChI is InChI=1S/C24H29FN2O3/c1-3-17-30-22-11-5-19(18-23(22)29-4-2)6-12-24(28)27-15-13-26(14-16-27)21-9-7-20(25)8-10-21/h5-12,18H,3-4,13-17H2,1-2H3/b12-6+. The second-order valence-electron chi connectivity index (χ2n) is 7.11. The zero-order chi connectivity index (χ0) is 21.3. The SMILES string of the molecule is CCCOc1ccc(/C=C/C(=O)N2CCN(c3ccc(F)cc3)CC2)cc1OCC.